The van der Waals surface area contributed by atoms with E-state index in [4.69, 9.17) is 46.4 Å². The molecule has 0 aliphatic heterocycles. The standard InChI is InChI=1S/C15H8Br2ClN3.C6H4Br2.C3Cl3N3/c16-11-5-1-9(2-6-11)13-19-14(21-15(18)20-13)10-3-7-12(17)8-4-10;7-5-1-2-6(8)4-3-5;4-1-7-2(5)9-3(6)8-1/h1-8H;1-4H;. The van der Waals surface area contributed by atoms with E-state index in [1.807, 2.05) is 72.8 Å². The van der Waals surface area contributed by atoms with Gasteiger partial charge >= 0.3 is 0 Å². The van der Waals surface area contributed by atoms with Crippen molar-refractivity contribution in [1.29, 1.82) is 0 Å². The number of halogens is 8. The van der Waals surface area contributed by atoms with E-state index in [0.717, 1.165) is 29.0 Å². The molecule has 0 saturated carbocycles. The zero-order chi connectivity index (χ0) is 27.7. The Hall–Kier alpha value is -1.24. The van der Waals surface area contributed by atoms with Gasteiger partial charge in [-0.3, -0.25) is 0 Å². The van der Waals surface area contributed by atoms with Gasteiger partial charge < -0.3 is 0 Å². The predicted molar refractivity (Wildman–Crippen MR) is 168 cm³/mol. The molecule has 0 amide bonds. The molecule has 3 aromatic carbocycles. The molecule has 5 aromatic rings. The lowest BCUT2D eigenvalue weighted by molar-refractivity contribution is 1.05. The van der Waals surface area contributed by atoms with Crippen molar-refractivity contribution in [2.24, 2.45) is 0 Å². The van der Waals surface area contributed by atoms with Crippen molar-refractivity contribution in [2.75, 3.05) is 0 Å². The highest BCUT2D eigenvalue weighted by molar-refractivity contribution is 9.11. The summed E-state index contributed by atoms with van der Waals surface area (Å²) in [5.74, 6) is 1.11. The fourth-order valence-corrected chi connectivity index (χ4v) is 4.37. The van der Waals surface area contributed by atoms with Crippen molar-refractivity contribution in [3.05, 3.63) is 112 Å². The summed E-state index contributed by atoms with van der Waals surface area (Å²) in [6.45, 7) is 0. The second-order valence-electron chi connectivity index (χ2n) is 6.84. The molecule has 0 unspecified atom stereocenters. The molecule has 0 aliphatic rings. The van der Waals surface area contributed by atoms with Gasteiger partial charge in [0, 0.05) is 29.0 Å². The van der Waals surface area contributed by atoms with E-state index in [9.17, 15) is 0 Å². The second kappa shape index (κ2) is 15.5. The average molecular weight is 846 g/mol. The molecule has 194 valence electrons. The molecule has 0 saturated heterocycles. The first-order valence-corrected chi connectivity index (χ1v) is 14.8. The van der Waals surface area contributed by atoms with Crippen LogP contribution in [0, 0.1) is 0 Å². The molecule has 5 rings (SSSR count). The number of hydrogen-bond acceptors (Lipinski definition) is 6. The van der Waals surface area contributed by atoms with Crippen LogP contribution in [0.3, 0.4) is 0 Å². The third-order valence-corrected chi connectivity index (χ3v) is 6.96. The molecule has 0 N–H and O–H groups in total. The van der Waals surface area contributed by atoms with E-state index in [0.29, 0.717) is 11.6 Å². The summed E-state index contributed by atoms with van der Waals surface area (Å²) in [6, 6.07) is 23.4. The molecule has 2 aromatic heterocycles. The number of benzene rings is 3. The van der Waals surface area contributed by atoms with Gasteiger partial charge in [-0.25, -0.2) is 4.98 Å². The monoisotopic (exact) mass is 840 g/mol. The van der Waals surface area contributed by atoms with Crippen molar-refractivity contribution in [3.8, 4) is 22.8 Å². The first-order valence-electron chi connectivity index (χ1n) is 10.2. The fourth-order valence-electron chi connectivity index (χ4n) is 2.54. The van der Waals surface area contributed by atoms with Crippen molar-refractivity contribution in [2.45, 2.75) is 0 Å². The number of rotatable bonds is 2. The van der Waals surface area contributed by atoms with Crippen LogP contribution in [0.15, 0.2) is 90.7 Å². The van der Waals surface area contributed by atoms with Gasteiger partial charge in [0.2, 0.25) is 21.1 Å². The van der Waals surface area contributed by atoms with E-state index in [2.05, 4.69) is 93.6 Å². The highest BCUT2D eigenvalue weighted by atomic mass is 79.9. The molecule has 0 radical (unpaired) electrons. The largest absolute Gasteiger partial charge is 0.227 e. The summed E-state index contributed by atoms with van der Waals surface area (Å²) in [7, 11) is 0. The first kappa shape index (κ1) is 31.3. The molecular weight excluding hydrogens is 834 g/mol. The zero-order valence-electron chi connectivity index (χ0n) is 18.6. The van der Waals surface area contributed by atoms with Gasteiger partial charge in [0.25, 0.3) is 0 Å². The lowest BCUT2D eigenvalue weighted by Gasteiger charge is -2.05. The molecule has 0 bridgehead atoms. The van der Waals surface area contributed by atoms with Gasteiger partial charge in [-0.05, 0) is 94.9 Å². The SMILES string of the molecule is Brc1ccc(Br)cc1.Clc1nc(-c2ccc(Br)cc2)nc(-c2ccc(Br)cc2)n1.Clc1nc(Cl)nc(Cl)n1. The Morgan fingerprint density at radius 1 is 0.342 bits per heavy atom. The molecule has 0 fully saturated rings. The molecule has 0 atom stereocenters. The maximum absolute atomic E-state index is 6.03. The fraction of sp³-hybridized carbons (Fsp3) is 0. The molecule has 6 nitrogen and oxygen atoms in total. The molecule has 38 heavy (non-hydrogen) atoms. The van der Waals surface area contributed by atoms with Gasteiger partial charge in [-0.15, -0.1) is 0 Å². The van der Waals surface area contributed by atoms with E-state index < -0.39 is 0 Å². The maximum Gasteiger partial charge on any atom is 0.227 e. The first-order chi connectivity index (χ1) is 18.1. The molecule has 0 spiro atoms. The van der Waals surface area contributed by atoms with E-state index in [-0.39, 0.29) is 21.1 Å². The smallest absolute Gasteiger partial charge is 0.208 e. The number of aromatic nitrogens is 6. The van der Waals surface area contributed by atoms with E-state index in [1.165, 1.54) is 0 Å². The lowest BCUT2D eigenvalue weighted by Crippen LogP contribution is -1.97. The topological polar surface area (TPSA) is 77.3 Å². The summed E-state index contributed by atoms with van der Waals surface area (Å²) in [5, 5.41) is 0.181. The Morgan fingerprint density at radius 2 is 0.579 bits per heavy atom. The molecule has 0 aliphatic carbocycles. The van der Waals surface area contributed by atoms with Gasteiger partial charge in [0.1, 0.15) is 0 Å². The Morgan fingerprint density at radius 3 is 0.868 bits per heavy atom. The van der Waals surface area contributed by atoms with Crippen LogP contribution < -0.4 is 0 Å². The van der Waals surface area contributed by atoms with Crippen LogP contribution in [0.2, 0.25) is 21.1 Å². The third-order valence-electron chi connectivity index (χ3n) is 4.17. The molecule has 14 heteroatoms. The highest BCUT2D eigenvalue weighted by Gasteiger charge is 2.09. The molecule has 2 heterocycles. The Labute approximate surface area is 272 Å². The second-order valence-corrected chi connectivity index (χ2v) is 11.9. The minimum absolute atomic E-state index is 0.000000000000000444. The summed E-state index contributed by atoms with van der Waals surface area (Å²) >= 11 is 35.5. The molecular formula is C24H12Br4Cl4N6. The third kappa shape index (κ3) is 10.7. The number of hydrogen-bond donors (Lipinski definition) is 0. The summed E-state index contributed by atoms with van der Waals surface area (Å²) in [4.78, 5) is 23.3. The van der Waals surface area contributed by atoms with Crippen LogP contribution in [0.1, 0.15) is 0 Å². The van der Waals surface area contributed by atoms with Crippen LogP contribution in [0.25, 0.3) is 22.8 Å². The zero-order valence-corrected chi connectivity index (χ0v) is 28.0. The predicted octanol–water partition coefficient (Wildman–Crippen LogP) is 10.4. The van der Waals surface area contributed by atoms with Crippen LogP contribution in [0.4, 0.5) is 0 Å². The van der Waals surface area contributed by atoms with Crippen LogP contribution in [0.5, 0.6) is 0 Å². The number of nitrogens with zero attached hydrogens (tertiary/aromatic N) is 6. The van der Waals surface area contributed by atoms with Gasteiger partial charge in [-0.2, -0.15) is 24.9 Å². The normalized spacial score (nSPS) is 10.1. The Kier molecular flexibility index (Phi) is 12.8. The maximum atomic E-state index is 6.03. The summed E-state index contributed by atoms with van der Waals surface area (Å²) in [5.41, 5.74) is 1.78. The highest BCUT2D eigenvalue weighted by Crippen LogP contribution is 2.24. The van der Waals surface area contributed by atoms with Crippen molar-refractivity contribution < 1.29 is 0 Å². The van der Waals surface area contributed by atoms with Crippen LogP contribution >= 0.6 is 110 Å². The van der Waals surface area contributed by atoms with Crippen LogP contribution in [-0.4, -0.2) is 29.9 Å². The van der Waals surface area contributed by atoms with Crippen molar-refractivity contribution in [3.63, 3.8) is 0 Å². The van der Waals surface area contributed by atoms with Crippen molar-refractivity contribution in [1.82, 2.24) is 29.9 Å². The van der Waals surface area contributed by atoms with Gasteiger partial charge in [-0.1, -0.05) is 88.0 Å². The summed E-state index contributed by atoms with van der Waals surface area (Å²) in [6.07, 6.45) is 0. The lowest BCUT2D eigenvalue weighted by atomic mass is 10.2. The van der Waals surface area contributed by atoms with Gasteiger partial charge in [0.05, 0.1) is 0 Å². The minimum Gasteiger partial charge on any atom is -0.208 e. The minimum atomic E-state index is 0.000000000000000444. The average Bonchev–Trinajstić information content (AvgIpc) is 2.86. The van der Waals surface area contributed by atoms with E-state index >= 15 is 0 Å². The van der Waals surface area contributed by atoms with E-state index in [1.54, 1.807) is 0 Å². The van der Waals surface area contributed by atoms with Crippen LogP contribution in [-0.2, 0) is 0 Å². The Bertz CT molecular complexity index is 1360. The van der Waals surface area contributed by atoms with Crippen molar-refractivity contribution >= 4 is 110 Å². The van der Waals surface area contributed by atoms with Gasteiger partial charge in [0.15, 0.2) is 11.6 Å². The summed E-state index contributed by atoms with van der Waals surface area (Å²) < 4.78 is 4.22. The Balaban J connectivity index is 0.000000193. The quantitative estimate of drug-likeness (QED) is 0.176.